The molecule has 49 heavy (non-hydrogen) atoms. The highest BCUT2D eigenvalue weighted by atomic mass is 32.1. The Hall–Kier alpha value is -5.74. The summed E-state index contributed by atoms with van der Waals surface area (Å²) in [6.45, 7) is 0. The second-order valence-corrected chi connectivity index (χ2v) is 14.7. The van der Waals surface area contributed by atoms with Gasteiger partial charge in [0.1, 0.15) is 0 Å². The second-order valence-electron chi connectivity index (χ2n) is 12.6. The summed E-state index contributed by atoms with van der Waals surface area (Å²) < 4.78 is 5.35. The summed E-state index contributed by atoms with van der Waals surface area (Å²) >= 11 is 3.75. The molecule has 0 spiro atoms. The Balaban J connectivity index is 1.00. The molecule has 0 radical (unpaired) electrons. The van der Waals surface area contributed by atoms with Crippen LogP contribution in [-0.2, 0) is 0 Å². The molecule has 8 aromatic carbocycles. The van der Waals surface area contributed by atoms with Gasteiger partial charge in [-0.3, -0.25) is 0 Å². The molecule has 0 aliphatic carbocycles. The van der Waals surface area contributed by atoms with E-state index in [2.05, 4.69) is 181 Å². The monoisotopic (exact) mass is 659 g/mol. The fourth-order valence-corrected chi connectivity index (χ4v) is 9.61. The molecule has 0 saturated carbocycles. The fourth-order valence-electron chi connectivity index (χ4n) is 7.24. The summed E-state index contributed by atoms with van der Waals surface area (Å²) in [6.07, 6.45) is 0. The van der Waals surface area contributed by atoms with Gasteiger partial charge in [-0.2, -0.15) is 0 Å². The van der Waals surface area contributed by atoms with Crippen LogP contribution in [0.25, 0.3) is 73.4 Å². The maximum absolute atomic E-state index is 2.36. The standard InChI is InChI=1S/C46H29NS2/c1-2-9-35(10-3-1)47(37-25-21-31(22-26-37)38-13-8-14-41-39-11-4-7-16-44(39)49-46(38)41)36-23-19-30(20-24-36)32-17-18-33-28-42-40-12-5-6-15-43(40)48-45(42)29-34(33)27-32/h1-29H. The third kappa shape index (κ3) is 4.82. The van der Waals surface area contributed by atoms with Crippen molar-refractivity contribution in [1.82, 2.24) is 0 Å². The predicted octanol–water partition coefficient (Wildman–Crippen LogP) is 14.4. The lowest BCUT2D eigenvalue weighted by molar-refractivity contribution is 1.28. The minimum Gasteiger partial charge on any atom is -0.311 e. The molecule has 0 N–H and O–H groups in total. The van der Waals surface area contributed by atoms with Gasteiger partial charge in [-0.15, -0.1) is 22.7 Å². The van der Waals surface area contributed by atoms with Gasteiger partial charge in [0.15, 0.2) is 0 Å². The number of anilines is 3. The predicted molar refractivity (Wildman–Crippen MR) is 215 cm³/mol. The molecule has 0 fully saturated rings. The van der Waals surface area contributed by atoms with Gasteiger partial charge in [0.2, 0.25) is 0 Å². The van der Waals surface area contributed by atoms with Crippen molar-refractivity contribution in [3.05, 3.63) is 176 Å². The van der Waals surface area contributed by atoms with Crippen LogP contribution < -0.4 is 4.90 Å². The second kappa shape index (κ2) is 11.5. The Morgan fingerprint density at radius 2 is 0.918 bits per heavy atom. The Labute approximate surface area is 292 Å². The quantitative estimate of drug-likeness (QED) is 0.178. The van der Waals surface area contributed by atoms with E-state index >= 15 is 0 Å². The average molecular weight is 660 g/mol. The van der Waals surface area contributed by atoms with Crippen LogP contribution in [0.1, 0.15) is 0 Å². The highest BCUT2D eigenvalue weighted by molar-refractivity contribution is 7.26. The van der Waals surface area contributed by atoms with Crippen LogP contribution in [0.3, 0.4) is 0 Å². The first-order valence-electron chi connectivity index (χ1n) is 16.6. The van der Waals surface area contributed by atoms with E-state index in [1.54, 1.807) is 0 Å². The Morgan fingerprint density at radius 1 is 0.327 bits per heavy atom. The molecule has 0 atom stereocenters. The Morgan fingerprint density at radius 3 is 1.67 bits per heavy atom. The van der Waals surface area contributed by atoms with Gasteiger partial charge in [0.05, 0.1) is 0 Å². The Kier molecular flexibility index (Phi) is 6.61. The molecule has 2 aromatic heterocycles. The van der Waals surface area contributed by atoms with Gasteiger partial charge in [0, 0.05) is 57.4 Å². The molecule has 1 nitrogen and oxygen atoms in total. The summed E-state index contributed by atoms with van der Waals surface area (Å²) in [4.78, 5) is 2.34. The van der Waals surface area contributed by atoms with Crippen molar-refractivity contribution in [3.63, 3.8) is 0 Å². The molecular weight excluding hydrogens is 631 g/mol. The molecule has 2 heterocycles. The molecule has 230 valence electrons. The van der Waals surface area contributed by atoms with Crippen LogP contribution in [-0.4, -0.2) is 0 Å². The summed E-state index contributed by atoms with van der Waals surface area (Å²) in [7, 11) is 0. The summed E-state index contributed by atoms with van der Waals surface area (Å²) in [5, 5.41) is 7.90. The van der Waals surface area contributed by atoms with Crippen molar-refractivity contribution in [2.24, 2.45) is 0 Å². The number of hydrogen-bond donors (Lipinski definition) is 0. The van der Waals surface area contributed by atoms with Gasteiger partial charge >= 0.3 is 0 Å². The van der Waals surface area contributed by atoms with Crippen molar-refractivity contribution in [1.29, 1.82) is 0 Å². The first-order chi connectivity index (χ1) is 24.3. The van der Waals surface area contributed by atoms with Crippen LogP contribution >= 0.6 is 22.7 Å². The smallest absolute Gasteiger partial charge is 0.0462 e. The number of fused-ring (bicyclic) bond motifs is 7. The summed E-state index contributed by atoms with van der Waals surface area (Å²) in [6, 6.07) is 64.3. The maximum atomic E-state index is 2.36. The highest BCUT2D eigenvalue weighted by Crippen LogP contribution is 2.42. The van der Waals surface area contributed by atoms with E-state index in [0.29, 0.717) is 0 Å². The molecule has 0 aliphatic heterocycles. The molecule has 0 aliphatic rings. The maximum Gasteiger partial charge on any atom is 0.0462 e. The lowest BCUT2D eigenvalue weighted by Crippen LogP contribution is -2.09. The van der Waals surface area contributed by atoms with Crippen LogP contribution in [0.4, 0.5) is 17.1 Å². The van der Waals surface area contributed by atoms with Crippen molar-refractivity contribution >= 4 is 90.9 Å². The van der Waals surface area contributed by atoms with E-state index in [0.717, 1.165) is 17.1 Å². The molecule has 0 unspecified atom stereocenters. The largest absolute Gasteiger partial charge is 0.311 e. The highest BCUT2D eigenvalue weighted by Gasteiger charge is 2.15. The van der Waals surface area contributed by atoms with Crippen molar-refractivity contribution in [3.8, 4) is 22.3 Å². The molecular formula is C46H29NS2. The fraction of sp³-hybridized carbons (Fsp3) is 0. The molecule has 0 saturated heterocycles. The van der Waals surface area contributed by atoms with E-state index in [-0.39, 0.29) is 0 Å². The number of thiophene rings is 2. The lowest BCUT2D eigenvalue weighted by atomic mass is 9.99. The van der Waals surface area contributed by atoms with Gasteiger partial charge in [-0.25, -0.2) is 0 Å². The number of benzene rings is 8. The zero-order valence-corrected chi connectivity index (χ0v) is 28.1. The number of para-hydroxylation sites is 1. The molecule has 0 amide bonds. The van der Waals surface area contributed by atoms with E-state index in [1.807, 2.05) is 22.7 Å². The summed E-state index contributed by atoms with van der Waals surface area (Å²) in [5.41, 5.74) is 8.34. The van der Waals surface area contributed by atoms with E-state index < -0.39 is 0 Å². The zero-order chi connectivity index (χ0) is 32.3. The minimum atomic E-state index is 1.13. The minimum absolute atomic E-state index is 1.13. The first-order valence-corrected chi connectivity index (χ1v) is 18.2. The van der Waals surface area contributed by atoms with Crippen LogP contribution in [0, 0.1) is 0 Å². The molecule has 10 aromatic rings. The topological polar surface area (TPSA) is 3.24 Å². The van der Waals surface area contributed by atoms with Gasteiger partial charge < -0.3 is 4.90 Å². The van der Waals surface area contributed by atoms with E-state index in [4.69, 9.17) is 0 Å². The average Bonchev–Trinajstić information content (AvgIpc) is 3.73. The Bertz CT molecular complexity index is 2810. The SMILES string of the molecule is c1ccc(N(c2ccc(-c3ccc4cc5c(cc4c3)sc3ccccc35)cc2)c2ccc(-c3cccc4c3sc3ccccc34)cc2)cc1. The molecule has 0 bridgehead atoms. The third-order valence-corrected chi connectivity index (χ3v) is 12.0. The van der Waals surface area contributed by atoms with Gasteiger partial charge in [0.25, 0.3) is 0 Å². The van der Waals surface area contributed by atoms with Crippen molar-refractivity contribution in [2.45, 2.75) is 0 Å². The number of hydrogen-bond acceptors (Lipinski definition) is 3. The van der Waals surface area contributed by atoms with Crippen LogP contribution in [0.2, 0.25) is 0 Å². The van der Waals surface area contributed by atoms with Crippen LogP contribution in [0.15, 0.2) is 176 Å². The third-order valence-electron chi connectivity index (χ3n) is 9.65. The van der Waals surface area contributed by atoms with Gasteiger partial charge in [-0.1, -0.05) is 109 Å². The number of nitrogens with zero attached hydrogens (tertiary/aromatic N) is 1. The van der Waals surface area contributed by atoms with E-state index in [1.165, 1.54) is 73.4 Å². The van der Waals surface area contributed by atoms with E-state index in [9.17, 15) is 0 Å². The van der Waals surface area contributed by atoms with Crippen LogP contribution in [0.5, 0.6) is 0 Å². The molecule has 10 rings (SSSR count). The normalized spacial score (nSPS) is 11.7. The number of rotatable bonds is 5. The van der Waals surface area contributed by atoms with Crippen molar-refractivity contribution in [2.75, 3.05) is 4.90 Å². The zero-order valence-electron chi connectivity index (χ0n) is 26.5. The first kappa shape index (κ1) is 28.3. The summed E-state index contributed by atoms with van der Waals surface area (Å²) in [5.74, 6) is 0. The molecule has 3 heteroatoms. The van der Waals surface area contributed by atoms with Crippen molar-refractivity contribution < 1.29 is 0 Å². The van der Waals surface area contributed by atoms with Gasteiger partial charge in [-0.05, 0) is 99.8 Å². The lowest BCUT2D eigenvalue weighted by Gasteiger charge is -2.26.